The molecule has 360 valence electrons. The highest BCUT2D eigenvalue weighted by molar-refractivity contribution is 6.13. The minimum Gasteiger partial charge on any atom is -0.456 e. The van der Waals surface area contributed by atoms with Gasteiger partial charge in [0.1, 0.15) is 28.1 Å². The molecule has 5 heterocycles. The Morgan fingerprint density at radius 2 is 0.675 bits per heavy atom. The van der Waals surface area contributed by atoms with Crippen molar-refractivity contribution in [1.29, 1.82) is 0 Å². The normalized spacial score (nSPS) is 11.9. The number of fused-ring (bicyclic) bond motifs is 12. The van der Waals surface area contributed by atoms with Crippen LogP contribution in [0.15, 0.2) is 276 Å². The van der Waals surface area contributed by atoms with Gasteiger partial charge in [0.15, 0.2) is 0 Å². The number of furan rings is 2. The van der Waals surface area contributed by atoms with Crippen molar-refractivity contribution in [3.8, 4) is 44.8 Å². The summed E-state index contributed by atoms with van der Waals surface area (Å²) in [7, 11) is 0. The molecule has 0 amide bonds. The quantitative estimate of drug-likeness (QED) is 0.152. The van der Waals surface area contributed by atoms with Crippen LogP contribution in [0, 0.1) is 0 Å². The second-order valence-electron chi connectivity index (χ2n) is 19.9. The first kappa shape index (κ1) is 43.0. The molecule has 0 aliphatic rings. The molecule has 0 unspecified atom stereocenters. The topological polar surface area (TPSA) is 52.3 Å². The maximum atomic E-state index is 6.46. The molecule has 11 aromatic carbocycles. The molecule has 16 aromatic rings. The molecule has 77 heavy (non-hydrogen) atoms. The number of pyridine rings is 1. The van der Waals surface area contributed by atoms with Gasteiger partial charge in [-0.1, -0.05) is 121 Å². The van der Waals surface area contributed by atoms with E-state index in [1.54, 1.807) is 0 Å². The Hall–Kier alpha value is -10.4. The summed E-state index contributed by atoms with van der Waals surface area (Å²) in [6, 6.07) is 93.2. The molecule has 0 bridgehead atoms. The third kappa shape index (κ3) is 6.93. The zero-order chi connectivity index (χ0) is 50.6. The average Bonchev–Trinajstić information content (AvgIpc) is 4.26. The lowest BCUT2D eigenvalue weighted by Crippen LogP contribution is -2.11. The van der Waals surface area contributed by atoms with Gasteiger partial charge in [-0.3, -0.25) is 4.90 Å². The van der Waals surface area contributed by atoms with E-state index in [1.807, 2.05) is 30.5 Å². The lowest BCUT2D eigenvalue weighted by molar-refractivity contribution is 0.669. The van der Waals surface area contributed by atoms with Gasteiger partial charge in [-0.15, -0.1) is 0 Å². The van der Waals surface area contributed by atoms with E-state index in [9.17, 15) is 0 Å². The molecular weight excluding hydrogens is 941 g/mol. The molecule has 0 aliphatic carbocycles. The average molecular weight is 985 g/mol. The zero-order valence-corrected chi connectivity index (χ0v) is 41.5. The molecule has 0 radical (unpaired) electrons. The van der Waals surface area contributed by atoms with Crippen molar-refractivity contribution >= 4 is 105 Å². The summed E-state index contributed by atoms with van der Waals surface area (Å²) in [5, 5.41) is 9.16. The highest BCUT2D eigenvalue weighted by atomic mass is 16.3. The Kier molecular flexibility index (Phi) is 9.53. The summed E-state index contributed by atoms with van der Waals surface area (Å²) in [5.74, 6) is 0.761. The van der Waals surface area contributed by atoms with Gasteiger partial charge in [-0.2, -0.15) is 0 Å². The SMILES string of the molecule is c1ccc(-n2c3ccccc3c3cc(-c4cc(-c5ccc(N(c6ccc7c(c6)oc6ccccc67)c6ccc7c(c6)oc6ccccc67)nc5)cc(-c5ccc6c(c5)c5ccccc5n6-c5ccccc5)c4)ccc32)cc1. The predicted molar refractivity (Wildman–Crippen MR) is 318 cm³/mol. The Morgan fingerprint density at radius 3 is 1.16 bits per heavy atom. The van der Waals surface area contributed by atoms with Crippen molar-refractivity contribution in [2.24, 2.45) is 0 Å². The van der Waals surface area contributed by atoms with Crippen LogP contribution in [0.4, 0.5) is 17.2 Å². The van der Waals surface area contributed by atoms with Crippen molar-refractivity contribution < 1.29 is 8.83 Å². The van der Waals surface area contributed by atoms with Crippen LogP contribution in [0.5, 0.6) is 0 Å². The Bertz CT molecular complexity index is 4700. The summed E-state index contributed by atoms with van der Waals surface area (Å²) in [6.07, 6.45) is 2.01. The number of hydrogen-bond donors (Lipinski definition) is 0. The highest BCUT2D eigenvalue weighted by Gasteiger charge is 2.21. The summed E-state index contributed by atoms with van der Waals surface area (Å²) in [5.41, 5.74) is 18.7. The van der Waals surface area contributed by atoms with Crippen LogP contribution < -0.4 is 4.90 Å². The number of nitrogens with zero attached hydrogens (tertiary/aromatic N) is 4. The van der Waals surface area contributed by atoms with Crippen LogP contribution in [-0.2, 0) is 0 Å². The second kappa shape index (κ2) is 17.1. The van der Waals surface area contributed by atoms with Gasteiger partial charge in [0.2, 0.25) is 0 Å². The molecule has 0 saturated heterocycles. The van der Waals surface area contributed by atoms with Crippen LogP contribution in [0.1, 0.15) is 0 Å². The first-order chi connectivity index (χ1) is 38.1. The molecule has 0 N–H and O–H groups in total. The molecule has 5 aromatic heterocycles. The molecular formula is C71H44N4O2. The second-order valence-corrected chi connectivity index (χ2v) is 19.9. The number of rotatable bonds is 8. The molecule has 16 rings (SSSR count). The van der Waals surface area contributed by atoms with E-state index in [1.165, 1.54) is 43.6 Å². The van der Waals surface area contributed by atoms with E-state index in [-0.39, 0.29) is 0 Å². The van der Waals surface area contributed by atoms with Gasteiger partial charge in [-0.25, -0.2) is 4.98 Å². The maximum absolute atomic E-state index is 6.46. The molecule has 0 atom stereocenters. The highest BCUT2D eigenvalue weighted by Crippen LogP contribution is 2.43. The van der Waals surface area contributed by atoms with Crippen LogP contribution in [-0.4, -0.2) is 14.1 Å². The standard InChI is InChI=1S/C71H44N4O2/c1-3-15-51(16-4-1)74-63-23-11-7-19-55(63)61-40-45(27-34-65(61)74)48-37-49(46-28-35-66-62(41-46)56-20-8-12-24-64(56)75(66)52-17-5-2-6-18-52)39-50(38-48)47-29-36-71(72-44-47)73(53-30-32-59-57-21-9-13-25-67(57)76-69(59)42-53)54-31-33-60-58-22-10-14-26-68(58)77-70(60)43-54/h1-44H. The third-order valence-corrected chi connectivity index (χ3v) is 15.5. The largest absolute Gasteiger partial charge is 0.456 e. The van der Waals surface area contributed by atoms with E-state index < -0.39 is 0 Å². The molecule has 0 aliphatic heterocycles. The van der Waals surface area contributed by atoms with Crippen molar-refractivity contribution in [2.45, 2.75) is 0 Å². The first-order valence-corrected chi connectivity index (χ1v) is 26.1. The van der Waals surface area contributed by atoms with E-state index in [4.69, 9.17) is 13.8 Å². The molecule has 0 spiro atoms. The van der Waals surface area contributed by atoms with Gasteiger partial charge in [0.25, 0.3) is 0 Å². The van der Waals surface area contributed by atoms with Crippen molar-refractivity contribution in [1.82, 2.24) is 14.1 Å². The summed E-state index contributed by atoms with van der Waals surface area (Å²) >= 11 is 0. The van der Waals surface area contributed by atoms with E-state index >= 15 is 0 Å². The molecule has 6 nitrogen and oxygen atoms in total. The van der Waals surface area contributed by atoms with Gasteiger partial charge < -0.3 is 18.0 Å². The van der Waals surface area contributed by atoms with Gasteiger partial charge >= 0.3 is 0 Å². The lowest BCUT2D eigenvalue weighted by atomic mass is 9.92. The van der Waals surface area contributed by atoms with Crippen LogP contribution in [0.2, 0.25) is 0 Å². The zero-order valence-electron chi connectivity index (χ0n) is 41.5. The number of para-hydroxylation sites is 6. The van der Waals surface area contributed by atoms with E-state index in [0.29, 0.717) is 0 Å². The monoisotopic (exact) mass is 984 g/mol. The predicted octanol–water partition coefficient (Wildman–Crippen LogP) is 19.5. The molecule has 0 saturated carbocycles. The van der Waals surface area contributed by atoms with Crippen LogP contribution in [0.3, 0.4) is 0 Å². The van der Waals surface area contributed by atoms with Crippen molar-refractivity contribution in [2.75, 3.05) is 4.90 Å². The lowest BCUT2D eigenvalue weighted by Gasteiger charge is -2.24. The van der Waals surface area contributed by atoms with E-state index in [2.05, 4.69) is 251 Å². The summed E-state index contributed by atoms with van der Waals surface area (Å²) < 4.78 is 17.7. The Balaban J connectivity index is 0.867. The van der Waals surface area contributed by atoms with Crippen molar-refractivity contribution in [3.63, 3.8) is 0 Å². The fourth-order valence-corrected chi connectivity index (χ4v) is 12.0. The number of hydrogen-bond acceptors (Lipinski definition) is 4. The molecule has 6 heteroatoms. The minimum atomic E-state index is 0.761. The van der Waals surface area contributed by atoms with Crippen LogP contribution >= 0.6 is 0 Å². The minimum absolute atomic E-state index is 0.761. The maximum Gasteiger partial charge on any atom is 0.137 e. The van der Waals surface area contributed by atoms with Crippen LogP contribution in [0.25, 0.3) is 132 Å². The van der Waals surface area contributed by atoms with Gasteiger partial charge in [0, 0.05) is 78.4 Å². The van der Waals surface area contributed by atoms with Gasteiger partial charge in [-0.05, 0) is 155 Å². The molecule has 0 fully saturated rings. The fourth-order valence-electron chi connectivity index (χ4n) is 12.0. The number of anilines is 3. The van der Waals surface area contributed by atoms with E-state index in [0.717, 1.165) is 106 Å². The van der Waals surface area contributed by atoms with Crippen molar-refractivity contribution in [3.05, 3.63) is 267 Å². The fraction of sp³-hybridized carbons (Fsp3) is 0. The Morgan fingerprint density at radius 1 is 0.273 bits per heavy atom. The number of aromatic nitrogens is 3. The third-order valence-electron chi connectivity index (χ3n) is 15.5. The van der Waals surface area contributed by atoms with Gasteiger partial charge in [0.05, 0.1) is 33.4 Å². The number of benzene rings is 11. The smallest absolute Gasteiger partial charge is 0.137 e. The Labute approximate surface area is 442 Å². The summed E-state index contributed by atoms with van der Waals surface area (Å²) in [4.78, 5) is 7.52. The summed E-state index contributed by atoms with van der Waals surface area (Å²) in [6.45, 7) is 0. The first-order valence-electron chi connectivity index (χ1n) is 26.1.